The average Bonchev–Trinajstić information content (AvgIpc) is 1.84. The van der Waals surface area contributed by atoms with Crippen LogP contribution in [-0.4, -0.2) is 28.4 Å². The van der Waals surface area contributed by atoms with Crippen molar-refractivity contribution in [2.75, 3.05) is 0 Å². The molecule has 0 aromatic rings. The van der Waals surface area contributed by atoms with E-state index >= 15 is 0 Å². The maximum absolute atomic E-state index is 6.09. The molecule has 3 fully saturated rings. The Morgan fingerprint density at radius 1 is 1.18 bits per heavy atom. The molecule has 2 heteroatoms. The molecule has 1 aliphatic carbocycles. The molecule has 2 saturated heterocycles. The molecule has 64 valence electrons. The third-order valence-electron chi connectivity index (χ3n) is 3.04. The zero-order valence-electron chi connectivity index (χ0n) is 7.26. The molecule has 0 N–H and O–H groups in total. The van der Waals surface area contributed by atoms with Crippen molar-refractivity contribution in [1.82, 2.24) is 4.90 Å². The first-order chi connectivity index (χ1) is 5.18. The number of hydrogen-bond acceptors (Lipinski definition) is 1. The fourth-order valence-electron chi connectivity index (χ4n) is 2.68. The summed E-state index contributed by atoms with van der Waals surface area (Å²) < 4.78 is 0. The van der Waals surface area contributed by atoms with Crippen molar-refractivity contribution in [3.63, 3.8) is 0 Å². The second kappa shape index (κ2) is 2.63. The van der Waals surface area contributed by atoms with E-state index in [0.717, 1.165) is 18.1 Å². The largest absolute Gasteiger partial charge is 0.295 e. The summed E-state index contributed by atoms with van der Waals surface area (Å²) in [5, 5.41) is 0.466. The maximum Gasteiger partial charge on any atom is 0.0365 e. The summed E-state index contributed by atoms with van der Waals surface area (Å²) >= 11 is 6.09. The molecule has 2 atom stereocenters. The summed E-state index contributed by atoms with van der Waals surface area (Å²) in [4.78, 5) is 2.62. The first-order valence-corrected chi connectivity index (χ1v) is 5.03. The van der Waals surface area contributed by atoms with Crippen molar-refractivity contribution < 1.29 is 0 Å². The van der Waals surface area contributed by atoms with Gasteiger partial charge < -0.3 is 0 Å². The lowest BCUT2D eigenvalue weighted by atomic mass is 9.78. The highest BCUT2D eigenvalue weighted by Crippen LogP contribution is 2.41. The van der Waals surface area contributed by atoms with E-state index in [1.807, 2.05) is 0 Å². The molecule has 2 unspecified atom stereocenters. The van der Waals surface area contributed by atoms with Gasteiger partial charge in [-0.25, -0.2) is 0 Å². The van der Waals surface area contributed by atoms with Crippen LogP contribution >= 0.6 is 11.6 Å². The van der Waals surface area contributed by atoms with E-state index in [1.165, 1.54) is 19.3 Å². The fraction of sp³-hybridized carbons (Fsp3) is 1.00. The second-order valence-corrected chi connectivity index (χ2v) is 4.77. The highest BCUT2D eigenvalue weighted by molar-refractivity contribution is 6.20. The van der Waals surface area contributed by atoms with Gasteiger partial charge in [0, 0.05) is 23.5 Å². The number of alkyl halides is 1. The molecule has 2 heterocycles. The fourth-order valence-corrected chi connectivity index (χ4v) is 3.09. The number of nitrogens with zero attached hydrogens (tertiary/aromatic N) is 1. The van der Waals surface area contributed by atoms with Crippen LogP contribution in [-0.2, 0) is 0 Å². The summed E-state index contributed by atoms with van der Waals surface area (Å²) in [5.41, 5.74) is 0. The third-order valence-corrected chi connectivity index (χ3v) is 3.40. The molecule has 2 aliphatic heterocycles. The van der Waals surface area contributed by atoms with E-state index in [0.29, 0.717) is 5.38 Å². The van der Waals surface area contributed by atoms with Crippen molar-refractivity contribution in [3.8, 4) is 0 Å². The zero-order valence-corrected chi connectivity index (χ0v) is 8.01. The number of piperidine rings is 1. The summed E-state index contributed by atoms with van der Waals surface area (Å²) in [6.07, 6.45) is 3.84. The Bertz CT molecular complexity index is 146. The molecule has 0 aromatic heterocycles. The predicted molar refractivity (Wildman–Crippen MR) is 48.0 cm³/mol. The van der Waals surface area contributed by atoms with Crippen molar-refractivity contribution in [2.45, 2.75) is 56.6 Å². The van der Waals surface area contributed by atoms with Crippen molar-refractivity contribution in [2.24, 2.45) is 0 Å². The number of hydrogen-bond donors (Lipinski definition) is 0. The number of rotatable bonds is 1. The zero-order chi connectivity index (χ0) is 8.01. The van der Waals surface area contributed by atoms with Gasteiger partial charge in [-0.2, -0.15) is 0 Å². The standard InChI is InChI=1S/C9H16ClN/c1-6(2)11-8-3-7(10)4-9(11)5-8/h6-9H,3-5H2,1-2H3. The van der Waals surface area contributed by atoms with Crippen molar-refractivity contribution in [3.05, 3.63) is 0 Å². The van der Waals surface area contributed by atoms with Gasteiger partial charge >= 0.3 is 0 Å². The summed E-state index contributed by atoms with van der Waals surface area (Å²) in [5.74, 6) is 0. The van der Waals surface area contributed by atoms with Crippen LogP contribution in [0.3, 0.4) is 0 Å². The van der Waals surface area contributed by atoms with Gasteiger partial charge in [-0.15, -0.1) is 11.6 Å². The SMILES string of the molecule is CC(C)N1C2CC(Cl)CC1C2. The molecule has 0 spiro atoms. The topological polar surface area (TPSA) is 3.24 Å². The van der Waals surface area contributed by atoms with Crippen LogP contribution in [0, 0.1) is 0 Å². The molecule has 2 bridgehead atoms. The third kappa shape index (κ3) is 1.19. The molecule has 11 heavy (non-hydrogen) atoms. The predicted octanol–water partition coefficient (Wildman–Crippen LogP) is 2.24. The Balaban J connectivity index is 1.98. The average molecular weight is 174 g/mol. The van der Waals surface area contributed by atoms with Crippen LogP contribution in [0.4, 0.5) is 0 Å². The van der Waals surface area contributed by atoms with Crippen LogP contribution in [0.5, 0.6) is 0 Å². The minimum absolute atomic E-state index is 0.466. The van der Waals surface area contributed by atoms with E-state index in [-0.39, 0.29) is 0 Å². The Hall–Kier alpha value is 0.250. The van der Waals surface area contributed by atoms with E-state index in [2.05, 4.69) is 18.7 Å². The van der Waals surface area contributed by atoms with Gasteiger partial charge in [0.1, 0.15) is 0 Å². The Kier molecular flexibility index (Phi) is 1.89. The van der Waals surface area contributed by atoms with Crippen molar-refractivity contribution >= 4 is 11.6 Å². The number of fused-ring (bicyclic) bond motifs is 2. The van der Waals surface area contributed by atoms with E-state index in [1.54, 1.807) is 0 Å². The molecule has 3 rings (SSSR count). The summed E-state index contributed by atoms with van der Waals surface area (Å²) in [6.45, 7) is 4.57. The molecular weight excluding hydrogens is 158 g/mol. The molecule has 1 nitrogen and oxygen atoms in total. The molecular formula is C9H16ClN. The van der Waals surface area contributed by atoms with Gasteiger partial charge in [0.05, 0.1) is 0 Å². The molecule has 0 amide bonds. The molecule has 1 saturated carbocycles. The van der Waals surface area contributed by atoms with Gasteiger partial charge in [0.25, 0.3) is 0 Å². The lowest BCUT2D eigenvalue weighted by Gasteiger charge is -2.56. The summed E-state index contributed by atoms with van der Waals surface area (Å²) in [6, 6.07) is 2.36. The lowest BCUT2D eigenvalue weighted by molar-refractivity contribution is -0.0492. The van der Waals surface area contributed by atoms with E-state index in [9.17, 15) is 0 Å². The van der Waals surface area contributed by atoms with Crippen LogP contribution in [0.1, 0.15) is 33.1 Å². The van der Waals surface area contributed by atoms with Crippen LogP contribution in [0.25, 0.3) is 0 Å². The highest BCUT2D eigenvalue weighted by atomic mass is 35.5. The molecule has 0 aromatic carbocycles. The monoisotopic (exact) mass is 173 g/mol. The van der Waals surface area contributed by atoms with Crippen molar-refractivity contribution in [1.29, 1.82) is 0 Å². The van der Waals surface area contributed by atoms with Gasteiger partial charge in [0.2, 0.25) is 0 Å². The highest BCUT2D eigenvalue weighted by Gasteiger charge is 2.45. The van der Waals surface area contributed by atoms with Gasteiger partial charge in [-0.05, 0) is 33.1 Å². The van der Waals surface area contributed by atoms with Crippen LogP contribution in [0.2, 0.25) is 0 Å². The first-order valence-electron chi connectivity index (χ1n) is 4.60. The van der Waals surface area contributed by atoms with Gasteiger partial charge in [0.15, 0.2) is 0 Å². The minimum atomic E-state index is 0.466. The quantitative estimate of drug-likeness (QED) is 0.550. The number of halogens is 1. The Morgan fingerprint density at radius 3 is 2.18 bits per heavy atom. The Morgan fingerprint density at radius 2 is 1.73 bits per heavy atom. The molecule has 3 aliphatic rings. The second-order valence-electron chi connectivity index (χ2n) is 4.15. The maximum atomic E-state index is 6.09. The van der Waals surface area contributed by atoms with E-state index in [4.69, 9.17) is 11.6 Å². The normalized spacial score (nSPS) is 44.2. The van der Waals surface area contributed by atoms with Gasteiger partial charge in [-0.3, -0.25) is 4.90 Å². The van der Waals surface area contributed by atoms with Gasteiger partial charge in [-0.1, -0.05) is 0 Å². The smallest absolute Gasteiger partial charge is 0.0365 e. The van der Waals surface area contributed by atoms with E-state index < -0.39 is 0 Å². The molecule has 0 radical (unpaired) electrons. The van der Waals surface area contributed by atoms with Crippen LogP contribution < -0.4 is 0 Å². The van der Waals surface area contributed by atoms with Crippen LogP contribution in [0.15, 0.2) is 0 Å². The Labute approximate surface area is 73.7 Å². The first kappa shape index (κ1) is 7.88. The summed E-state index contributed by atoms with van der Waals surface area (Å²) in [7, 11) is 0. The minimum Gasteiger partial charge on any atom is -0.295 e. The lowest BCUT2D eigenvalue weighted by Crippen LogP contribution is -2.63.